The van der Waals surface area contributed by atoms with Crippen molar-refractivity contribution in [2.75, 3.05) is 20.7 Å². The molecule has 10 heteroatoms. The average Bonchev–Trinajstić information content (AvgIpc) is 3.07. The summed E-state index contributed by atoms with van der Waals surface area (Å²) >= 11 is 3.27. The standard InChI is InChI=1S/C13H17BrN6O3/c1-19(2)5-16-11-10-12(18-13(14)17-11)20(6-15-10)9-3-7(22)8(4-21)23-9/h5-9,21-22H,3-4H2,1-2H3/t7-,8+,9+/m0/s1. The van der Waals surface area contributed by atoms with Gasteiger partial charge in [-0.05, 0) is 15.9 Å². The van der Waals surface area contributed by atoms with Crippen LogP contribution in [0.5, 0.6) is 0 Å². The van der Waals surface area contributed by atoms with Crippen LogP contribution in [0.25, 0.3) is 11.2 Å². The Hall–Kier alpha value is -1.62. The van der Waals surface area contributed by atoms with E-state index in [9.17, 15) is 10.2 Å². The number of imidazole rings is 1. The van der Waals surface area contributed by atoms with Crippen LogP contribution in [-0.2, 0) is 4.74 Å². The Labute approximate surface area is 140 Å². The van der Waals surface area contributed by atoms with Crippen molar-refractivity contribution in [3.8, 4) is 0 Å². The molecule has 9 nitrogen and oxygen atoms in total. The van der Waals surface area contributed by atoms with Crippen molar-refractivity contribution in [1.29, 1.82) is 0 Å². The number of hydrogen-bond donors (Lipinski definition) is 2. The largest absolute Gasteiger partial charge is 0.394 e. The number of rotatable bonds is 4. The van der Waals surface area contributed by atoms with Crippen molar-refractivity contribution in [1.82, 2.24) is 24.4 Å². The van der Waals surface area contributed by atoms with Gasteiger partial charge < -0.3 is 19.8 Å². The molecule has 2 N–H and O–H groups in total. The number of fused-ring (bicyclic) bond motifs is 1. The molecule has 1 fully saturated rings. The first-order valence-electron chi connectivity index (χ1n) is 7.04. The van der Waals surface area contributed by atoms with E-state index >= 15 is 0 Å². The predicted molar refractivity (Wildman–Crippen MR) is 86.5 cm³/mol. The molecule has 1 aliphatic heterocycles. The molecule has 124 valence electrons. The molecule has 0 bridgehead atoms. The molecule has 0 aliphatic carbocycles. The number of halogens is 1. The quantitative estimate of drug-likeness (QED) is 0.447. The third-order valence-electron chi connectivity index (χ3n) is 3.48. The van der Waals surface area contributed by atoms with Gasteiger partial charge in [0, 0.05) is 20.5 Å². The number of aromatic nitrogens is 4. The molecule has 1 saturated heterocycles. The summed E-state index contributed by atoms with van der Waals surface area (Å²) in [6.45, 7) is -0.235. The highest BCUT2D eigenvalue weighted by atomic mass is 79.9. The molecule has 0 spiro atoms. The Morgan fingerprint density at radius 1 is 1.52 bits per heavy atom. The molecule has 1 aliphatic rings. The maximum atomic E-state index is 9.89. The number of aliphatic imine (C=N–C) groups is 1. The summed E-state index contributed by atoms with van der Waals surface area (Å²) < 4.78 is 7.76. The molecular weight excluding hydrogens is 368 g/mol. The second kappa shape index (κ2) is 6.48. The Kier molecular flexibility index (Phi) is 4.57. The molecule has 0 amide bonds. The summed E-state index contributed by atoms with van der Waals surface area (Å²) in [7, 11) is 3.72. The first-order chi connectivity index (χ1) is 11.0. The van der Waals surface area contributed by atoms with Crippen molar-refractivity contribution in [2.45, 2.75) is 24.9 Å². The third kappa shape index (κ3) is 3.20. The number of nitrogens with zero attached hydrogens (tertiary/aromatic N) is 6. The van der Waals surface area contributed by atoms with E-state index in [1.165, 1.54) is 0 Å². The smallest absolute Gasteiger partial charge is 0.200 e. The average molecular weight is 385 g/mol. The lowest BCUT2D eigenvalue weighted by Crippen LogP contribution is -2.24. The molecule has 2 aromatic rings. The van der Waals surface area contributed by atoms with E-state index in [1.807, 2.05) is 14.1 Å². The fraction of sp³-hybridized carbons (Fsp3) is 0.538. The number of hydrogen-bond acceptors (Lipinski definition) is 7. The molecule has 0 unspecified atom stereocenters. The molecule has 3 heterocycles. The van der Waals surface area contributed by atoms with Crippen LogP contribution in [0.3, 0.4) is 0 Å². The van der Waals surface area contributed by atoms with Gasteiger partial charge in [-0.15, -0.1) is 0 Å². The van der Waals surface area contributed by atoms with E-state index in [0.29, 0.717) is 28.1 Å². The highest BCUT2D eigenvalue weighted by molar-refractivity contribution is 9.10. The molecule has 0 aromatic carbocycles. The fourth-order valence-electron chi connectivity index (χ4n) is 2.40. The van der Waals surface area contributed by atoms with Crippen LogP contribution in [0.4, 0.5) is 5.82 Å². The Balaban J connectivity index is 2.01. The van der Waals surface area contributed by atoms with Crippen molar-refractivity contribution >= 4 is 39.3 Å². The second-order valence-electron chi connectivity index (χ2n) is 5.46. The van der Waals surface area contributed by atoms with Crippen LogP contribution < -0.4 is 0 Å². The maximum Gasteiger partial charge on any atom is 0.200 e. The summed E-state index contributed by atoms with van der Waals surface area (Å²) in [6.07, 6.45) is 1.80. The van der Waals surface area contributed by atoms with Gasteiger partial charge in [0.2, 0.25) is 4.73 Å². The Bertz CT molecular complexity index is 734. The predicted octanol–water partition coefficient (Wildman–Crippen LogP) is 0.451. The van der Waals surface area contributed by atoms with E-state index in [2.05, 4.69) is 35.9 Å². The van der Waals surface area contributed by atoms with Crippen LogP contribution in [0.15, 0.2) is 16.1 Å². The topological polar surface area (TPSA) is 109 Å². The van der Waals surface area contributed by atoms with Gasteiger partial charge >= 0.3 is 0 Å². The lowest BCUT2D eigenvalue weighted by atomic mass is 10.2. The van der Waals surface area contributed by atoms with Gasteiger partial charge in [0.1, 0.15) is 12.3 Å². The van der Waals surface area contributed by atoms with E-state index in [4.69, 9.17) is 4.74 Å². The van der Waals surface area contributed by atoms with Crippen molar-refractivity contribution < 1.29 is 14.9 Å². The monoisotopic (exact) mass is 384 g/mol. The summed E-state index contributed by atoms with van der Waals surface area (Å²) in [5.74, 6) is 0.437. The fourth-order valence-corrected chi connectivity index (χ4v) is 2.73. The summed E-state index contributed by atoms with van der Waals surface area (Å²) in [5, 5.41) is 19.1. The van der Waals surface area contributed by atoms with Gasteiger partial charge in [-0.1, -0.05) is 0 Å². The minimum Gasteiger partial charge on any atom is -0.394 e. The SMILES string of the molecule is CN(C)C=Nc1nc(Br)nc2c1ncn2[C@H]1C[C@H](O)[C@@H](CO)O1. The molecule has 0 saturated carbocycles. The molecule has 3 rings (SSSR count). The summed E-state index contributed by atoms with van der Waals surface area (Å²) in [6, 6.07) is 0. The van der Waals surface area contributed by atoms with Crippen molar-refractivity contribution in [3.05, 3.63) is 11.1 Å². The summed E-state index contributed by atoms with van der Waals surface area (Å²) in [5.41, 5.74) is 1.09. The van der Waals surface area contributed by atoms with Gasteiger partial charge in [-0.3, -0.25) is 4.57 Å². The van der Waals surface area contributed by atoms with Crippen LogP contribution in [0.2, 0.25) is 0 Å². The first kappa shape index (κ1) is 16.2. The maximum absolute atomic E-state index is 9.89. The lowest BCUT2D eigenvalue weighted by Gasteiger charge is -2.13. The normalized spacial score (nSPS) is 24.8. The molecule has 3 atom stereocenters. The number of aliphatic hydroxyl groups is 2. The zero-order valence-corrected chi connectivity index (χ0v) is 14.3. The zero-order valence-electron chi connectivity index (χ0n) is 12.7. The van der Waals surface area contributed by atoms with E-state index < -0.39 is 18.4 Å². The molecule has 0 radical (unpaired) electrons. The van der Waals surface area contributed by atoms with Crippen LogP contribution in [0, 0.1) is 0 Å². The van der Waals surface area contributed by atoms with Gasteiger partial charge in [0.15, 0.2) is 17.0 Å². The van der Waals surface area contributed by atoms with Gasteiger partial charge in [-0.2, -0.15) is 0 Å². The van der Waals surface area contributed by atoms with Crippen LogP contribution in [0.1, 0.15) is 12.6 Å². The van der Waals surface area contributed by atoms with E-state index in [-0.39, 0.29) is 6.61 Å². The van der Waals surface area contributed by atoms with Crippen molar-refractivity contribution in [2.24, 2.45) is 4.99 Å². The minimum atomic E-state index is -0.723. The summed E-state index contributed by atoms with van der Waals surface area (Å²) in [4.78, 5) is 19.0. The molecular formula is C13H17BrN6O3. The molecule has 23 heavy (non-hydrogen) atoms. The number of aliphatic hydroxyl groups excluding tert-OH is 2. The highest BCUT2D eigenvalue weighted by Crippen LogP contribution is 2.32. The lowest BCUT2D eigenvalue weighted by molar-refractivity contribution is -0.0432. The third-order valence-corrected chi connectivity index (χ3v) is 3.84. The molecule has 2 aromatic heterocycles. The zero-order chi connectivity index (χ0) is 16.6. The van der Waals surface area contributed by atoms with E-state index in [1.54, 1.807) is 22.1 Å². The van der Waals surface area contributed by atoms with Crippen molar-refractivity contribution in [3.63, 3.8) is 0 Å². The van der Waals surface area contributed by atoms with E-state index in [0.717, 1.165) is 0 Å². The Morgan fingerprint density at radius 3 is 2.96 bits per heavy atom. The number of ether oxygens (including phenoxy) is 1. The minimum absolute atomic E-state index is 0.235. The Morgan fingerprint density at radius 2 is 2.30 bits per heavy atom. The van der Waals surface area contributed by atoms with Gasteiger partial charge in [-0.25, -0.2) is 19.9 Å². The van der Waals surface area contributed by atoms with Crippen LogP contribution in [-0.4, -0.2) is 73.9 Å². The van der Waals surface area contributed by atoms with Gasteiger partial charge in [0.25, 0.3) is 0 Å². The first-order valence-corrected chi connectivity index (χ1v) is 7.84. The second-order valence-corrected chi connectivity index (χ2v) is 6.17. The van der Waals surface area contributed by atoms with Crippen LogP contribution >= 0.6 is 15.9 Å². The highest BCUT2D eigenvalue weighted by Gasteiger charge is 2.35. The van der Waals surface area contributed by atoms with Gasteiger partial charge in [0.05, 0.1) is 25.4 Å².